The van der Waals surface area contributed by atoms with E-state index in [1.165, 1.54) is 0 Å². The van der Waals surface area contributed by atoms with Crippen LogP contribution in [0.5, 0.6) is 23.1 Å². The second kappa shape index (κ2) is 11.3. The first-order valence-corrected chi connectivity index (χ1v) is 10.4. The number of rotatable bonds is 7. The van der Waals surface area contributed by atoms with Gasteiger partial charge in [0.1, 0.15) is 11.6 Å². The number of pyridine rings is 2. The van der Waals surface area contributed by atoms with Crippen molar-refractivity contribution in [3.05, 3.63) is 53.2 Å². The molecule has 2 aromatic heterocycles. The summed E-state index contributed by atoms with van der Waals surface area (Å²) in [5.74, 6) is 2.75. The summed E-state index contributed by atoms with van der Waals surface area (Å²) in [6.07, 6.45) is 1.12. The maximum Gasteiger partial charge on any atom is 0.215 e. The van der Waals surface area contributed by atoms with Crippen molar-refractivity contribution in [1.82, 2.24) is 9.97 Å². The first kappa shape index (κ1) is 27.1. The molecule has 182 valence electrons. The third kappa shape index (κ3) is 4.86. The highest BCUT2D eigenvalue weighted by Crippen LogP contribution is 2.39. The van der Waals surface area contributed by atoms with Crippen LogP contribution in [-0.4, -0.2) is 43.5 Å². The molecule has 0 saturated carbocycles. The highest BCUT2D eigenvalue weighted by molar-refractivity contribution is 5.92. The van der Waals surface area contributed by atoms with Gasteiger partial charge in [-0.15, -0.1) is 24.8 Å². The molecule has 2 heterocycles. The number of fused-ring (bicyclic) bond motifs is 2. The van der Waals surface area contributed by atoms with E-state index in [4.69, 9.17) is 19.2 Å². The molecule has 0 radical (unpaired) electrons. The zero-order valence-electron chi connectivity index (χ0n) is 19.8. The SMILES string of the molecule is CCc1nc(O)c(Cc2cc3cc(OC)ccc3nc2NC)c2cc(OC)c(OC)cc12.Cl.Cl. The van der Waals surface area contributed by atoms with Gasteiger partial charge in [0.25, 0.3) is 0 Å². The van der Waals surface area contributed by atoms with Crippen LogP contribution < -0.4 is 19.5 Å². The summed E-state index contributed by atoms with van der Waals surface area (Å²) in [5, 5.41) is 16.8. The lowest BCUT2D eigenvalue weighted by Crippen LogP contribution is -2.03. The van der Waals surface area contributed by atoms with Crippen molar-refractivity contribution in [2.75, 3.05) is 33.7 Å². The van der Waals surface area contributed by atoms with Gasteiger partial charge < -0.3 is 24.6 Å². The van der Waals surface area contributed by atoms with Crippen molar-refractivity contribution in [2.24, 2.45) is 0 Å². The highest BCUT2D eigenvalue weighted by atomic mass is 35.5. The van der Waals surface area contributed by atoms with Crippen LogP contribution in [0.2, 0.25) is 0 Å². The van der Waals surface area contributed by atoms with Crippen molar-refractivity contribution in [3.63, 3.8) is 0 Å². The van der Waals surface area contributed by atoms with E-state index in [9.17, 15) is 5.11 Å². The van der Waals surface area contributed by atoms with E-state index in [1.54, 1.807) is 21.3 Å². The molecule has 2 aromatic carbocycles. The highest BCUT2D eigenvalue weighted by Gasteiger charge is 2.19. The smallest absolute Gasteiger partial charge is 0.215 e. The molecule has 34 heavy (non-hydrogen) atoms. The van der Waals surface area contributed by atoms with Gasteiger partial charge in [0.2, 0.25) is 5.88 Å². The van der Waals surface area contributed by atoms with Crippen LogP contribution in [-0.2, 0) is 12.8 Å². The summed E-state index contributed by atoms with van der Waals surface area (Å²) < 4.78 is 16.4. The van der Waals surface area contributed by atoms with Crippen molar-refractivity contribution in [1.29, 1.82) is 0 Å². The maximum atomic E-state index is 10.9. The molecule has 4 aromatic rings. The molecule has 7 nitrogen and oxygen atoms in total. The molecule has 2 N–H and O–H groups in total. The molecule has 0 aliphatic rings. The molecule has 0 aliphatic heterocycles. The second-order valence-electron chi connectivity index (χ2n) is 7.45. The molecular formula is C25H29Cl2N3O4. The molecule has 0 atom stereocenters. The molecule has 0 aliphatic carbocycles. The topological polar surface area (TPSA) is 85.7 Å². The maximum absolute atomic E-state index is 10.9. The molecule has 4 rings (SSSR count). The summed E-state index contributed by atoms with van der Waals surface area (Å²) in [6.45, 7) is 2.01. The number of benzene rings is 2. The van der Waals surface area contributed by atoms with Crippen molar-refractivity contribution < 1.29 is 19.3 Å². The zero-order chi connectivity index (χ0) is 22.8. The van der Waals surface area contributed by atoms with Crippen LogP contribution in [0.4, 0.5) is 5.82 Å². The Labute approximate surface area is 211 Å². The second-order valence-corrected chi connectivity index (χ2v) is 7.45. The molecule has 0 bridgehead atoms. The number of nitrogens with zero attached hydrogens (tertiary/aromatic N) is 2. The van der Waals surface area contributed by atoms with Gasteiger partial charge in [0, 0.05) is 29.8 Å². The Hall–Kier alpha value is -3.16. The lowest BCUT2D eigenvalue weighted by molar-refractivity contribution is 0.355. The first-order valence-electron chi connectivity index (χ1n) is 10.4. The molecule has 0 amide bonds. The summed E-state index contributed by atoms with van der Waals surface area (Å²) in [4.78, 5) is 9.25. The summed E-state index contributed by atoms with van der Waals surface area (Å²) in [5.41, 5.74) is 3.31. The number of hydrogen-bond acceptors (Lipinski definition) is 7. The first-order chi connectivity index (χ1) is 15.5. The minimum Gasteiger partial charge on any atom is -0.497 e. The average molecular weight is 506 g/mol. The van der Waals surface area contributed by atoms with Gasteiger partial charge in [-0.1, -0.05) is 6.92 Å². The third-order valence-corrected chi connectivity index (χ3v) is 5.71. The standard InChI is InChI=1S/C25H27N3O4.2ClH/c1-6-20-18-13-23(32-5)22(31-4)12-17(18)19(25(29)28-20)11-15-9-14-10-16(30-3)7-8-21(14)27-24(15)26-2;;/h7-10,12-13H,6,11H2,1-5H3,(H,26,27)(H,28,29);2*1H. The summed E-state index contributed by atoms with van der Waals surface area (Å²) >= 11 is 0. The van der Waals surface area contributed by atoms with Crippen molar-refractivity contribution >= 4 is 52.3 Å². The number of ether oxygens (including phenoxy) is 3. The van der Waals surface area contributed by atoms with Gasteiger partial charge in [-0.3, -0.25) is 0 Å². The Kier molecular flexibility index (Phi) is 9.01. The summed E-state index contributed by atoms with van der Waals surface area (Å²) in [7, 11) is 6.69. The van der Waals surface area contributed by atoms with E-state index in [1.807, 2.05) is 44.3 Å². The minimum absolute atomic E-state index is 0. The third-order valence-electron chi connectivity index (χ3n) is 5.71. The largest absolute Gasteiger partial charge is 0.497 e. The number of aryl methyl sites for hydroxylation is 1. The predicted molar refractivity (Wildman–Crippen MR) is 141 cm³/mol. The zero-order valence-corrected chi connectivity index (χ0v) is 21.4. The normalized spacial score (nSPS) is 10.4. The number of anilines is 1. The van der Waals surface area contributed by atoms with Gasteiger partial charge in [-0.25, -0.2) is 9.97 Å². The fraction of sp³-hybridized carbons (Fsp3) is 0.280. The van der Waals surface area contributed by atoms with E-state index >= 15 is 0 Å². The number of hydrogen-bond donors (Lipinski definition) is 2. The van der Waals surface area contributed by atoms with Crippen LogP contribution >= 0.6 is 24.8 Å². The Balaban J connectivity index is 0.00000204. The van der Waals surface area contributed by atoms with Crippen molar-refractivity contribution in [2.45, 2.75) is 19.8 Å². The molecule has 9 heteroatoms. The van der Waals surface area contributed by atoms with Crippen LogP contribution in [0.1, 0.15) is 23.7 Å². The lowest BCUT2D eigenvalue weighted by Gasteiger charge is -2.17. The molecule has 0 unspecified atom stereocenters. The molecule has 0 spiro atoms. The predicted octanol–water partition coefficient (Wildman–Crippen LogP) is 5.55. The Morgan fingerprint density at radius 2 is 1.56 bits per heavy atom. The van der Waals surface area contributed by atoms with Crippen LogP contribution in [0.25, 0.3) is 21.7 Å². The summed E-state index contributed by atoms with van der Waals surface area (Å²) in [6, 6.07) is 11.7. The molecule has 0 saturated heterocycles. The van der Waals surface area contributed by atoms with E-state index in [2.05, 4.69) is 16.4 Å². The Morgan fingerprint density at radius 1 is 0.882 bits per heavy atom. The lowest BCUT2D eigenvalue weighted by atomic mass is 9.96. The van der Waals surface area contributed by atoms with Gasteiger partial charge in [0.05, 0.1) is 32.5 Å². The van der Waals surface area contributed by atoms with Crippen LogP contribution in [0, 0.1) is 0 Å². The number of halogens is 2. The molecular weight excluding hydrogens is 477 g/mol. The molecule has 0 fully saturated rings. The van der Waals surface area contributed by atoms with Gasteiger partial charge in [-0.2, -0.15) is 0 Å². The fourth-order valence-electron chi connectivity index (χ4n) is 4.05. The Bertz CT molecular complexity index is 1320. The monoisotopic (exact) mass is 505 g/mol. The fourth-order valence-corrected chi connectivity index (χ4v) is 4.05. The van der Waals surface area contributed by atoms with Gasteiger partial charge in [-0.05, 0) is 53.8 Å². The number of aromatic hydroxyl groups is 1. The Morgan fingerprint density at radius 3 is 2.15 bits per heavy atom. The van der Waals surface area contributed by atoms with Gasteiger partial charge >= 0.3 is 0 Å². The van der Waals surface area contributed by atoms with Gasteiger partial charge in [0.15, 0.2) is 11.5 Å². The van der Waals surface area contributed by atoms with Crippen LogP contribution in [0.3, 0.4) is 0 Å². The number of aromatic nitrogens is 2. The van der Waals surface area contributed by atoms with Crippen LogP contribution in [0.15, 0.2) is 36.4 Å². The van der Waals surface area contributed by atoms with E-state index in [0.717, 1.165) is 44.5 Å². The number of nitrogens with one attached hydrogen (secondary N) is 1. The number of methoxy groups -OCH3 is 3. The minimum atomic E-state index is 0. The van der Waals surface area contributed by atoms with E-state index in [-0.39, 0.29) is 30.7 Å². The average Bonchev–Trinajstić information content (AvgIpc) is 2.83. The van der Waals surface area contributed by atoms with Crippen molar-refractivity contribution in [3.8, 4) is 23.1 Å². The van der Waals surface area contributed by atoms with E-state index in [0.29, 0.717) is 29.9 Å². The quantitative estimate of drug-likeness (QED) is 0.340. The van der Waals surface area contributed by atoms with E-state index < -0.39 is 0 Å².